The number of nitrogens with one attached hydrogen (secondary N) is 1. The standard InChI is InChI=1S/C19H26N2O3S/c1-4-5-6-7-14-21-18(22)19(2,3)16-9-11-17(12-10-16)25(23,24)15-8-13-20/h8-12,15H,4-7,14H2,1-3H3,(H,21,22). The van der Waals surface area contributed by atoms with Gasteiger partial charge in [-0.05, 0) is 38.0 Å². The van der Waals surface area contributed by atoms with Gasteiger partial charge in [-0.3, -0.25) is 4.79 Å². The van der Waals surface area contributed by atoms with Crippen molar-refractivity contribution in [3.63, 3.8) is 0 Å². The Bertz CT molecular complexity index is 742. The van der Waals surface area contributed by atoms with Crippen LogP contribution in [0.4, 0.5) is 0 Å². The van der Waals surface area contributed by atoms with Gasteiger partial charge >= 0.3 is 0 Å². The van der Waals surface area contributed by atoms with Crippen LogP contribution in [0.1, 0.15) is 52.0 Å². The Morgan fingerprint density at radius 1 is 1.20 bits per heavy atom. The predicted octanol–water partition coefficient (Wildman–Crippen LogP) is 3.47. The molecule has 0 saturated carbocycles. The predicted molar refractivity (Wildman–Crippen MR) is 98.6 cm³/mol. The molecular formula is C19H26N2O3S. The largest absolute Gasteiger partial charge is 0.355 e. The number of sulfone groups is 1. The smallest absolute Gasteiger partial charge is 0.230 e. The van der Waals surface area contributed by atoms with E-state index in [2.05, 4.69) is 12.2 Å². The maximum atomic E-state index is 12.4. The summed E-state index contributed by atoms with van der Waals surface area (Å²) in [6, 6.07) is 7.87. The molecule has 25 heavy (non-hydrogen) atoms. The highest BCUT2D eigenvalue weighted by Gasteiger charge is 2.29. The van der Waals surface area contributed by atoms with E-state index in [0.717, 1.165) is 42.7 Å². The SMILES string of the molecule is CCCCCCNC(=O)C(C)(C)c1ccc(S(=O)(=O)C=CC#N)cc1. The van der Waals surface area contributed by atoms with Crippen LogP contribution < -0.4 is 5.32 Å². The van der Waals surface area contributed by atoms with Crippen molar-refractivity contribution in [1.82, 2.24) is 5.32 Å². The van der Waals surface area contributed by atoms with E-state index in [9.17, 15) is 13.2 Å². The minimum absolute atomic E-state index is 0.0796. The van der Waals surface area contributed by atoms with Crippen LogP contribution in [-0.2, 0) is 20.0 Å². The highest BCUT2D eigenvalue weighted by Crippen LogP contribution is 2.25. The first-order valence-electron chi connectivity index (χ1n) is 8.45. The second-order valence-electron chi connectivity index (χ2n) is 6.44. The van der Waals surface area contributed by atoms with Crippen molar-refractivity contribution in [2.75, 3.05) is 6.54 Å². The van der Waals surface area contributed by atoms with E-state index in [0.29, 0.717) is 6.54 Å². The van der Waals surface area contributed by atoms with Gasteiger partial charge in [-0.15, -0.1) is 0 Å². The van der Waals surface area contributed by atoms with E-state index in [4.69, 9.17) is 5.26 Å². The molecule has 1 amide bonds. The highest BCUT2D eigenvalue weighted by molar-refractivity contribution is 7.94. The fourth-order valence-corrected chi connectivity index (χ4v) is 3.28. The number of amides is 1. The molecule has 0 unspecified atom stereocenters. The Morgan fingerprint density at radius 2 is 1.84 bits per heavy atom. The molecule has 0 atom stereocenters. The first-order chi connectivity index (χ1) is 11.8. The molecule has 0 heterocycles. The summed E-state index contributed by atoms with van der Waals surface area (Å²) in [5.41, 5.74) is -0.0167. The van der Waals surface area contributed by atoms with Crippen LogP contribution in [0.25, 0.3) is 0 Å². The number of unbranched alkanes of at least 4 members (excludes halogenated alkanes) is 3. The van der Waals surface area contributed by atoms with Gasteiger partial charge < -0.3 is 5.32 Å². The number of hydrogen-bond donors (Lipinski definition) is 1. The molecule has 1 rings (SSSR count). The monoisotopic (exact) mass is 362 g/mol. The van der Waals surface area contributed by atoms with Crippen LogP contribution in [0.5, 0.6) is 0 Å². The van der Waals surface area contributed by atoms with Gasteiger partial charge in [0.1, 0.15) is 0 Å². The quantitative estimate of drug-likeness (QED) is 0.538. The minimum Gasteiger partial charge on any atom is -0.355 e. The molecular weight excluding hydrogens is 336 g/mol. The summed E-state index contributed by atoms with van der Waals surface area (Å²) >= 11 is 0. The Morgan fingerprint density at radius 3 is 2.40 bits per heavy atom. The van der Waals surface area contributed by atoms with Gasteiger partial charge in [0, 0.05) is 18.0 Å². The molecule has 1 N–H and O–H groups in total. The van der Waals surface area contributed by atoms with Crippen LogP contribution >= 0.6 is 0 Å². The number of hydrogen-bond acceptors (Lipinski definition) is 4. The summed E-state index contributed by atoms with van der Waals surface area (Å²) in [7, 11) is -3.63. The molecule has 6 heteroatoms. The Labute approximate surface area is 150 Å². The second kappa shape index (κ2) is 9.38. The summed E-state index contributed by atoms with van der Waals surface area (Å²) in [6.07, 6.45) is 5.30. The summed E-state index contributed by atoms with van der Waals surface area (Å²) in [5, 5.41) is 12.3. The summed E-state index contributed by atoms with van der Waals surface area (Å²) in [6.45, 7) is 6.41. The molecule has 0 spiro atoms. The van der Waals surface area contributed by atoms with Gasteiger partial charge in [0.25, 0.3) is 0 Å². The van der Waals surface area contributed by atoms with Crippen LogP contribution in [0.3, 0.4) is 0 Å². The van der Waals surface area contributed by atoms with Crippen molar-refractivity contribution in [1.29, 1.82) is 5.26 Å². The van der Waals surface area contributed by atoms with Gasteiger partial charge in [0.2, 0.25) is 15.7 Å². The van der Waals surface area contributed by atoms with Gasteiger partial charge in [0.05, 0.1) is 16.4 Å². The van der Waals surface area contributed by atoms with Crippen LogP contribution in [0.2, 0.25) is 0 Å². The molecule has 1 aromatic rings. The van der Waals surface area contributed by atoms with Crippen LogP contribution in [0, 0.1) is 11.3 Å². The third-order valence-corrected chi connectivity index (χ3v) is 5.53. The lowest BCUT2D eigenvalue weighted by atomic mass is 9.84. The van der Waals surface area contributed by atoms with Crippen LogP contribution in [0.15, 0.2) is 40.6 Å². The molecule has 0 aliphatic heterocycles. The van der Waals surface area contributed by atoms with E-state index >= 15 is 0 Å². The average Bonchev–Trinajstić information content (AvgIpc) is 2.59. The van der Waals surface area contributed by atoms with E-state index in [1.807, 2.05) is 13.8 Å². The zero-order valence-electron chi connectivity index (χ0n) is 15.1. The Kier molecular flexibility index (Phi) is 7.85. The van der Waals surface area contributed by atoms with Crippen molar-refractivity contribution < 1.29 is 13.2 Å². The molecule has 0 radical (unpaired) electrons. The van der Waals surface area contributed by atoms with Gasteiger partial charge in [-0.2, -0.15) is 5.26 Å². The lowest BCUT2D eigenvalue weighted by Gasteiger charge is -2.24. The molecule has 0 aliphatic rings. The average molecular weight is 362 g/mol. The lowest BCUT2D eigenvalue weighted by Crippen LogP contribution is -2.40. The topological polar surface area (TPSA) is 87.0 Å². The van der Waals surface area contributed by atoms with Crippen molar-refractivity contribution in [3.8, 4) is 6.07 Å². The van der Waals surface area contributed by atoms with Crippen molar-refractivity contribution in [3.05, 3.63) is 41.3 Å². The molecule has 0 bridgehead atoms. The minimum atomic E-state index is -3.63. The molecule has 0 aliphatic carbocycles. The normalized spacial score (nSPS) is 12.1. The lowest BCUT2D eigenvalue weighted by molar-refractivity contribution is -0.125. The van der Waals surface area contributed by atoms with Gasteiger partial charge in [0.15, 0.2) is 0 Å². The van der Waals surface area contributed by atoms with Gasteiger partial charge in [-0.25, -0.2) is 8.42 Å². The fourth-order valence-electron chi connectivity index (χ4n) is 2.37. The summed E-state index contributed by atoms with van der Waals surface area (Å²) < 4.78 is 24.0. The number of allylic oxidation sites excluding steroid dienone is 1. The molecule has 136 valence electrons. The second-order valence-corrected chi connectivity index (χ2v) is 8.28. The molecule has 0 saturated heterocycles. The van der Waals surface area contributed by atoms with E-state index in [1.165, 1.54) is 12.1 Å². The van der Waals surface area contributed by atoms with Crippen molar-refractivity contribution in [2.24, 2.45) is 0 Å². The number of nitriles is 1. The first kappa shape index (κ1) is 20.9. The highest BCUT2D eigenvalue weighted by atomic mass is 32.2. The van der Waals surface area contributed by atoms with Gasteiger partial charge in [-0.1, -0.05) is 38.3 Å². The zero-order valence-corrected chi connectivity index (χ0v) is 15.9. The Hall–Kier alpha value is -2.13. The van der Waals surface area contributed by atoms with Crippen LogP contribution in [-0.4, -0.2) is 20.9 Å². The summed E-state index contributed by atoms with van der Waals surface area (Å²) in [4.78, 5) is 12.5. The molecule has 5 nitrogen and oxygen atoms in total. The number of carbonyl (C=O) groups excluding carboxylic acids is 1. The summed E-state index contributed by atoms with van der Waals surface area (Å²) in [5.74, 6) is -0.0796. The molecule has 0 fully saturated rings. The number of carbonyl (C=O) groups is 1. The zero-order chi connectivity index (χ0) is 18.9. The van der Waals surface area contributed by atoms with Crippen molar-refractivity contribution >= 4 is 15.7 Å². The van der Waals surface area contributed by atoms with E-state index in [-0.39, 0.29) is 10.8 Å². The third-order valence-electron chi connectivity index (χ3n) is 4.11. The Balaban J connectivity index is 2.81. The third kappa shape index (κ3) is 6.02. The number of rotatable bonds is 9. The van der Waals surface area contributed by atoms with E-state index in [1.54, 1.807) is 18.2 Å². The molecule has 0 aromatic heterocycles. The number of benzene rings is 1. The maximum Gasteiger partial charge on any atom is 0.230 e. The van der Waals surface area contributed by atoms with Crippen molar-refractivity contribution in [2.45, 2.75) is 56.8 Å². The van der Waals surface area contributed by atoms with E-state index < -0.39 is 15.3 Å². The first-order valence-corrected chi connectivity index (χ1v) is 10.0. The molecule has 1 aromatic carbocycles. The maximum absolute atomic E-state index is 12.4. The fraction of sp³-hybridized carbons (Fsp3) is 0.474. The number of nitrogens with zero attached hydrogens (tertiary/aromatic N) is 1.